The normalized spacial score (nSPS) is 12.1. The van der Waals surface area contributed by atoms with Crippen molar-refractivity contribution >= 4 is 0 Å². The van der Waals surface area contributed by atoms with E-state index in [-0.39, 0.29) is 0 Å². The lowest BCUT2D eigenvalue weighted by atomic mass is 9.92. The predicted molar refractivity (Wildman–Crippen MR) is 139 cm³/mol. The van der Waals surface area contributed by atoms with Crippen LogP contribution in [0.25, 0.3) is 0 Å². The van der Waals surface area contributed by atoms with Crippen molar-refractivity contribution in [3.8, 4) is 0 Å². The highest BCUT2D eigenvalue weighted by molar-refractivity contribution is 4.74. The summed E-state index contributed by atoms with van der Waals surface area (Å²) in [5, 5.41) is 0. The van der Waals surface area contributed by atoms with Crippen LogP contribution in [0.2, 0.25) is 0 Å². The Morgan fingerprint density at radius 3 is 1.27 bits per heavy atom. The van der Waals surface area contributed by atoms with E-state index in [9.17, 15) is 0 Å². The second kappa shape index (κ2) is 26.6. The fourth-order valence-electron chi connectivity index (χ4n) is 4.67. The van der Waals surface area contributed by atoms with Gasteiger partial charge in [-0.2, -0.15) is 0 Å². The number of unbranched alkanes of at least 4 members (excludes halogenated alkanes) is 19. The maximum Gasteiger partial charge on any atom is -0.0275 e. The van der Waals surface area contributed by atoms with Gasteiger partial charge >= 0.3 is 0 Å². The Balaban J connectivity index is 3.29. The summed E-state index contributed by atoms with van der Waals surface area (Å²) in [6.45, 7) is 8.33. The Kier molecular flexibility index (Phi) is 26.1. The Morgan fingerprint density at radius 1 is 0.533 bits per heavy atom. The first-order valence-electron chi connectivity index (χ1n) is 14.2. The molecule has 30 heavy (non-hydrogen) atoms. The van der Waals surface area contributed by atoms with Crippen molar-refractivity contribution in [2.24, 2.45) is 5.92 Å². The van der Waals surface area contributed by atoms with Gasteiger partial charge in [0.15, 0.2) is 0 Å². The van der Waals surface area contributed by atoms with Crippen molar-refractivity contribution in [3.63, 3.8) is 0 Å². The van der Waals surface area contributed by atoms with Gasteiger partial charge in [0.2, 0.25) is 0 Å². The van der Waals surface area contributed by atoms with Gasteiger partial charge < -0.3 is 0 Å². The summed E-state index contributed by atoms with van der Waals surface area (Å²) in [4.78, 5) is 0. The number of rotatable bonds is 25. The molecule has 0 heterocycles. The highest BCUT2D eigenvalue weighted by Gasteiger charge is 2.06. The highest BCUT2D eigenvalue weighted by atomic mass is 14.1. The lowest BCUT2D eigenvalue weighted by Crippen LogP contribution is -1.99. The molecular weight excluding hydrogens is 360 g/mol. The summed E-state index contributed by atoms with van der Waals surface area (Å²) in [7, 11) is 0. The van der Waals surface area contributed by atoms with E-state index in [0.717, 1.165) is 5.92 Å². The van der Waals surface area contributed by atoms with Crippen LogP contribution in [0.5, 0.6) is 0 Å². The minimum atomic E-state index is 1.01. The van der Waals surface area contributed by atoms with Gasteiger partial charge in [-0.3, -0.25) is 0 Å². The molecule has 1 unspecified atom stereocenters. The molecule has 0 rings (SSSR count). The van der Waals surface area contributed by atoms with E-state index in [0.29, 0.717) is 0 Å². The second-order valence-electron chi connectivity index (χ2n) is 9.77. The van der Waals surface area contributed by atoms with E-state index in [1.807, 2.05) is 0 Å². The largest absolute Gasteiger partial charge is 0.133 e. The van der Waals surface area contributed by atoms with Gasteiger partial charge in [-0.1, -0.05) is 162 Å². The number of allylic oxidation sites excluding steroid dienone is 1. The SMILES string of the molecule is C=C=CCCCCCCCCCCC(CC)CCCCCCCCCCCCCC. The average Bonchev–Trinajstić information content (AvgIpc) is 2.76. The molecule has 0 saturated carbocycles. The summed E-state index contributed by atoms with van der Waals surface area (Å²) in [6.07, 6.45) is 36.6. The zero-order valence-electron chi connectivity index (χ0n) is 21.3. The van der Waals surface area contributed by atoms with Gasteiger partial charge in [0.1, 0.15) is 0 Å². The number of hydrogen-bond donors (Lipinski definition) is 0. The smallest absolute Gasteiger partial charge is 0.0275 e. The molecule has 0 bridgehead atoms. The van der Waals surface area contributed by atoms with E-state index in [2.05, 4.69) is 32.2 Å². The second-order valence-corrected chi connectivity index (χ2v) is 9.77. The van der Waals surface area contributed by atoms with Gasteiger partial charge in [-0.05, 0) is 24.8 Å². The Bertz CT molecular complexity index is 349. The zero-order chi connectivity index (χ0) is 22.0. The fourth-order valence-corrected chi connectivity index (χ4v) is 4.67. The monoisotopic (exact) mass is 418 g/mol. The maximum absolute atomic E-state index is 3.62. The molecule has 0 fully saturated rings. The predicted octanol–water partition coefficient (Wildman–Crippen LogP) is 11.3. The summed E-state index contributed by atoms with van der Waals surface area (Å²) in [5.74, 6) is 1.01. The zero-order valence-corrected chi connectivity index (χ0v) is 21.3. The van der Waals surface area contributed by atoms with Crippen LogP contribution in [0.3, 0.4) is 0 Å². The van der Waals surface area contributed by atoms with Gasteiger partial charge in [0.05, 0.1) is 0 Å². The standard InChI is InChI=1S/C30H58/c1-4-7-9-11-13-15-17-19-21-23-25-27-29-30(6-3)28-26-24-22-20-18-16-14-12-10-8-5-2/h8,30H,2,4,6-7,9-29H2,1,3H3. The fraction of sp³-hybridized carbons (Fsp3) is 0.900. The van der Waals surface area contributed by atoms with Crippen LogP contribution in [0.15, 0.2) is 18.4 Å². The van der Waals surface area contributed by atoms with Crippen molar-refractivity contribution in [1.82, 2.24) is 0 Å². The van der Waals surface area contributed by atoms with Crippen LogP contribution in [0.4, 0.5) is 0 Å². The molecule has 0 N–H and O–H groups in total. The molecule has 0 saturated heterocycles. The van der Waals surface area contributed by atoms with Crippen molar-refractivity contribution in [2.75, 3.05) is 0 Å². The molecule has 0 aliphatic carbocycles. The molecule has 0 amide bonds. The molecule has 0 aliphatic heterocycles. The molecule has 0 spiro atoms. The van der Waals surface area contributed by atoms with Crippen LogP contribution in [-0.2, 0) is 0 Å². The molecular formula is C30H58. The summed E-state index contributed by atoms with van der Waals surface area (Å²) >= 11 is 0. The highest BCUT2D eigenvalue weighted by Crippen LogP contribution is 2.22. The van der Waals surface area contributed by atoms with Crippen LogP contribution < -0.4 is 0 Å². The van der Waals surface area contributed by atoms with Crippen molar-refractivity contribution in [2.45, 2.75) is 168 Å². The molecule has 0 aromatic carbocycles. The molecule has 0 aromatic rings. The molecule has 0 aromatic heterocycles. The van der Waals surface area contributed by atoms with Gasteiger partial charge in [0, 0.05) is 0 Å². The van der Waals surface area contributed by atoms with E-state index >= 15 is 0 Å². The topological polar surface area (TPSA) is 0 Å². The maximum atomic E-state index is 3.62. The van der Waals surface area contributed by atoms with Crippen LogP contribution in [-0.4, -0.2) is 0 Å². The summed E-state index contributed by atoms with van der Waals surface area (Å²) in [6, 6.07) is 0. The molecule has 0 aliphatic rings. The lowest BCUT2D eigenvalue weighted by Gasteiger charge is -2.14. The molecule has 178 valence electrons. The molecule has 0 radical (unpaired) electrons. The van der Waals surface area contributed by atoms with E-state index < -0.39 is 0 Å². The van der Waals surface area contributed by atoms with E-state index in [4.69, 9.17) is 0 Å². The quantitative estimate of drug-likeness (QED) is 0.102. The minimum Gasteiger partial charge on any atom is -0.133 e. The van der Waals surface area contributed by atoms with E-state index in [1.165, 1.54) is 154 Å². The third-order valence-corrected chi connectivity index (χ3v) is 6.90. The van der Waals surface area contributed by atoms with Crippen molar-refractivity contribution in [1.29, 1.82) is 0 Å². The third kappa shape index (κ3) is 23.8. The van der Waals surface area contributed by atoms with Crippen LogP contribution in [0, 0.1) is 5.92 Å². The molecule has 0 nitrogen and oxygen atoms in total. The van der Waals surface area contributed by atoms with Gasteiger partial charge in [0.25, 0.3) is 0 Å². The first-order valence-corrected chi connectivity index (χ1v) is 14.2. The first kappa shape index (κ1) is 29.5. The Labute approximate surface area is 192 Å². The lowest BCUT2D eigenvalue weighted by molar-refractivity contribution is 0.392. The Hall–Kier alpha value is -0.480. The molecule has 1 atom stereocenters. The van der Waals surface area contributed by atoms with E-state index in [1.54, 1.807) is 0 Å². The summed E-state index contributed by atoms with van der Waals surface area (Å²) in [5.41, 5.74) is 2.87. The Morgan fingerprint density at radius 2 is 0.900 bits per heavy atom. The third-order valence-electron chi connectivity index (χ3n) is 6.90. The summed E-state index contributed by atoms with van der Waals surface area (Å²) < 4.78 is 0. The average molecular weight is 419 g/mol. The van der Waals surface area contributed by atoms with Crippen LogP contribution in [0.1, 0.15) is 168 Å². The van der Waals surface area contributed by atoms with Crippen molar-refractivity contribution < 1.29 is 0 Å². The van der Waals surface area contributed by atoms with Crippen LogP contribution >= 0.6 is 0 Å². The molecule has 0 heteroatoms. The van der Waals surface area contributed by atoms with Gasteiger partial charge in [-0.15, -0.1) is 5.73 Å². The minimum absolute atomic E-state index is 1.01. The number of hydrogen-bond acceptors (Lipinski definition) is 0. The first-order chi connectivity index (χ1) is 14.8. The van der Waals surface area contributed by atoms with Gasteiger partial charge in [-0.25, -0.2) is 0 Å². The van der Waals surface area contributed by atoms with Crippen molar-refractivity contribution in [3.05, 3.63) is 18.4 Å².